The van der Waals surface area contributed by atoms with E-state index in [1.165, 1.54) is 32.1 Å². The molecule has 4 saturated carbocycles. The monoisotopic (exact) mass is 335 g/mol. The van der Waals surface area contributed by atoms with Crippen LogP contribution in [0.1, 0.15) is 65.2 Å². The summed E-state index contributed by atoms with van der Waals surface area (Å²) in [5, 5.41) is 10.3. The van der Waals surface area contributed by atoms with E-state index in [2.05, 4.69) is 6.92 Å². The summed E-state index contributed by atoms with van der Waals surface area (Å²) in [5.74, 6) is 3.45. The predicted molar refractivity (Wildman–Crippen MR) is 92.0 cm³/mol. The van der Waals surface area contributed by atoms with Gasteiger partial charge < -0.3 is 15.6 Å². The Balaban J connectivity index is 1.53. The van der Waals surface area contributed by atoms with E-state index in [4.69, 9.17) is 10.5 Å². The lowest BCUT2D eigenvalue weighted by molar-refractivity contribution is -0.158. The average Bonchev–Trinajstić information content (AvgIpc) is 2.85. The predicted octanol–water partition coefficient (Wildman–Crippen LogP) is 2.87. The van der Waals surface area contributed by atoms with Crippen molar-refractivity contribution in [2.45, 2.75) is 83.5 Å². The number of carbonyl (C=O) groups is 1. The standard InChI is InChI=1S/C20H33NO3/c1-11(22)24-19-6-5-16-14-4-3-12-9-17(21)18(23)10-15(12)13(14)7-8-20(16,19)2/h12-19,23H,3-10,21H2,1-2H3/t12-,13-,14+,15-,16-,17+,18-,19-,20-/m0/s1. The number of hydrogen-bond donors (Lipinski definition) is 2. The van der Waals surface area contributed by atoms with E-state index in [1.54, 1.807) is 6.92 Å². The number of esters is 1. The van der Waals surface area contributed by atoms with Crippen LogP contribution in [0.5, 0.6) is 0 Å². The van der Waals surface area contributed by atoms with Gasteiger partial charge in [-0.1, -0.05) is 6.92 Å². The zero-order valence-electron chi connectivity index (χ0n) is 15.1. The summed E-state index contributed by atoms with van der Waals surface area (Å²) in [6.07, 6.45) is 8.94. The van der Waals surface area contributed by atoms with Crippen LogP contribution >= 0.6 is 0 Å². The van der Waals surface area contributed by atoms with E-state index >= 15 is 0 Å². The Morgan fingerprint density at radius 3 is 2.62 bits per heavy atom. The number of aliphatic hydroxyl groups excluding tert-OH is 1. The quantitative estimate of drug-likeness (QED) is 0.723. The van der Waals surface area contributed by atoms with Crippen LogP contribution in [0.3, 0.4) is 0 Å². The number of carbonyl (C=O) groups excluding carboxylic acids is 1. The Bertz CT molecular complexity index is 509. The van der Waals surface area contributed by atoms with Gasteiger partial charge in [-0.25, -0.2) is 0 Å². The van der Waals surface area contributed by atoms with Crippen molar-refractivity contribution in [3.05, 3.63) is 0 Å². The lowest BCUT2D eigenvalue weighted by Gasteiger charge is -2.56. The number of nitrogens with two attached hydrogens (primary N) is 1. The number of rotatable bonds is 1. The molecule has 0 radical (unpaired) electrons. The second-order valence-electron chi connectivity index (χ2n) is 9.36. The minimum Gasteiger partial charge on any atom is -0.462 e. The Hall–Kier alpha value is -0.610. The molecule has 0 heterocycles. The van der Waals surface area contributed by atoms with Gasteiger partial charge in [0.25, 0.3) is 0 Å². The first-order valence-corrected chi connectivity index (χ1v) is 10.0. The molecule has 0 aromatic carbocycles. The molecule has 136 valence electrons. The molecule has 0 aliphatic heterocycles. The Morgan fingerprint density at radius 1 is 1.08 bits per heavy atom. The first-order valence-electron chi connectivity index (χ1n) is 10.0. The molecule has 0 bridgehead atoms. The lowest BCUT2D eigenvalue weighted by Crippen LogP contribution is -2.53. The summed E-state index contributed by atoms with van der Waals surface area (Å²) in [6.45, 7) is 3.91. The molecule has 4 fully saturated rings. The molecule has 0 unspecified atom stereocenters. The highest BCUT2D eigenvalue weighted by molar-refractivity contribution is 5.66. The zero-order valence-corrected chi connectivity index (χ0v) is 15.1. The molecule has 24 heavy (non-hydrogen) atoms. The van der Waals surface area contributed by atoms with E-state index in [0.717, 1.165) is 37.0 Å². The van der Waals surface area contributed by atoms with Gasteiger partial charge in [-0.05, 0) is 81.0 Å². The van der Waals surface area contributed by atoms with Gasteiger partial charge in [0.1, 0.15) is 6.10 Å². The van der Waals surface area contributed by atoms with Crippen LogP contribution in [0.25, 0.3) is 0 Å². The maximum atomic E-state index is 11.5. The highest BCUT2D eigenvalue weighted by atomic mass is 16.5. The average molecular weight is 335 g/mol. The van der Waals surface area contributed by atoms with Crippen LogP contribution in [-0.2, 0) is 9.53 Å². The molecule has 3 N–H and O–H groups in total. The fourth-order valence-corrected chi connectivity index (χ4v) is 7.20. The molecule has 0 saturated heterocycles. The molecule has 0 spiro atoms. The summed E-state index contributed by atoms with van der Waals surface area (Å²) in [6, 6.07) is -0.0171. The molecular formula is C20H33NO3. The van der Waals surface area contributed by atoms with Gasteiger partial charge in [0.2, 0.25) is 0 Å². The summed E-state index contributed by atoms with van der Waals surface area (Å²) in [5.41, 5.74) is 6.30. The zero-order chi connectivity index (χ0) is 17.1. The second-order valence-corrected chi connectivity index (χ2v) is 9.36. The third kappa shape index (κ3) is 2.52. The Labute approximate surface area is 145 Å². The van der Waals surface area contributed by atoms with Crippen molar-refractivity contribution in [2.75, 3.05) is 0 Å². The summed E-state index contributed by atoms with van der Waals surface area (Å²) < 4.78 is 5.71. The van der Waals surface area contributed by atoms with Gasteiger partial charge in [-0.2, -0.15) is 0 Å². The topological polar surface area (TPSA) is 72.5 Å². The molecule has 4 rings (SSSR count). The Kier molecular flexibility index (Phi) is 4.20. The first-order chi connectivity index (χ1) is 11.4. The van der Waals surface area contributed by atoms with Crippen LogP contribution in [0.2, 0.25) is 0 Å². The third-order valence-corrected chi connectivity index (χ3v) is 8.32. The summed E-state index contributed by atoms with van der Waals surface area (Å²) in [4.78, 5) is 11.5. The Morgan fingerprint density at radius 2 is 1.88 bits per heavy atom. The smallest absolute Gasteiger partial charge is 0.302 e. The number of hydrogen-bond acceptors (Lipinski definition) is 4. The van der Waals surface area contributed by atoms with Gasteiger partial charge in [-0.15, -0.1) is 0 Å². The molecule has 4 aliphatic carbocycles. The van der Waals surface area contributed by atoms with Gasteiger partial charge in [0, 0.05) is 18.4 Å². The molecule has 0 aromatic heterocycles. The van der Waals surface area contributed by atoms with E-state index in [9.17, 15) is 9.90 Å². The minimum absolute atomic E-state index is 0.0171. The maximum Gasteiger partial charge on any atom is 0.302 e. The second kappa shape index (κ2) is 5.98. The van der Waals surface area contributed by atoms with E-state index in [-0.39, 0.29) is 29.6 Å². The van der Waals surface area contributed by atoms with Crippen molar-refractivity contribution in [2.24, 2.45) is 40.7 Å². The molecular weight excluding hydrogens is 302 g/mol. The van der Waals surface area contributed by atoms with E-state index in [1.807, 2.05) is 0 Å². The number of fused-ring (bicyclic) bond motifs is 5. The van der Waals surface area contributed by atoms with Crippen molar-refractivity contribution in [3.8, 4) is 0 Å². The summed E-state index contributed by atoms with van der Waals surface area (Å²) >= 11 is 0. The molecule has 9 atom stereocenters. The molecule has 4 heteroatoms. The van der Waals surface area contributed by atoms with E-state index < -0.39 is 0 Å². The van der Waals surface area contributed by atoms with Crippen LogP contribution in [0, 0.1) is 35.0 Å². The number of aliphatic hydroxyl groups is 1. The number of ether oxygens (including phenoxy) is 1. The molecule has 0 aromatic rings. The van der Waals surface area contributed by atoms with Gasteiger partial charge in [-0.3, -0.25) is 4.79 Å². The van der Waals surface area contributed by atoms with Crippen molar-refractivity contribution >= 4 is 5.97 Å². The SMILES string of the molecule is CC(=O)O[C@H]1CC[C@H]2[C@@H]3CC[C@H]4C[C@@H](N)[C@@H](O)C[C@@H]4[C@H]3CC[C@]12C. The molecule has 4 nitrogen and oxygen atoms in total. The third-order valence-electron chi connectivity index (χ3n) is 8.32. The van der Waals surface area contributed by atoms with Gasteiger partial charge in [0.05, 0.1) is 6.10 Å². The fraction of sp³-hybridized carbons (Fsp3) is 0.950. The molecule has 0 amide bonds. The van der Waals surface area contributed by atoms with Crippen molar-refractivity contribution < 1.29 is 14.6 Å². The van der Waals surface area contributed by atoms with Crippen LogP contribution in [-0.4, -0.2) is 29.3 Å². The van der Waals surface area contributed by atoms with Gasteiger partial charge in [0.15, 0.2) is 0 Å². The highest BCUT2D eigenvalue weighted by Crippen LogP contribution is 2.62. The van der Waals surface area contributed by atoms with Crippen LogP contribution in [0.15, 0.2) is 0 Å². The highest BCUT2D eigenvalue weighted by Gasteiger charge is 2.58. The van der Waals surface area contributed by atoms with Crippen molar-refractivity contribution in [1.82, 2.24) is 0 Å². The molecule has 4 aliphatic rings. The van der Waals surface area contributed by atoms with Crippen molar-refractivity contribution in [1.29, 1.82) is 0 Å². The lowest BCUT2D eigenvalue weighted by atomic mass is 9.50. The normalized spacial score (nSPS) is 53.7. The van der Waals surface area contributed by atoms with E-state index in [0.29, 0.717) is 11.8 Å². The fourth-order valence-electron chi connectivity index (χ4n) is 7.20. The maximum absolute atomic E-state index is 11.5. The van der Waals surface area contributed by atoms with Crippen LogP contribution < -0.4 is 5.73 Å². The van der Waals surface area contributed by atoms with Gasteiger partial charge >= 0.3 is 5.97 Å². The first kappa shape index (κ1) is 16.8. The largest absolute Gasteiger partial charge is 0.462 e. The van der Waals surface area contributed by atoms with Crippen LogP contribution in [0.4, 0.5) is 0 Å². The van der Waals surface area contributed by atoms with Crippen molar-refractivity contribution in [3.63, 3.8) is 0 Å². The summed E-state index contributed by atoms with van der Waals surface area (Å²) in [7, 11) is 0. The minimum atomic E-state index is -0.310.